The van der Waals surface area contributed by atoms with Gasteiger partial charge in [0, 0.05) is 12.6 Å². The van der Waals surface area contributed by atoms with Gasteiger partial charge in [-0.25, -0.2) is 9.97 Å². The van der Waals surface area contributed by atoms with E-state index in [0.29, 0.717) is 13.2 Å². The maximum absolute atomic E-state index is 12.4. The smallest absolute Gasteiger partial charge is 0.377 e. The zero-order chi connectivity index (χ0) is 13.8. The van der Waals surface area contributed by atoms with Gasteiger partial charge in [0.1, 0.15) is 11.0 Å². The SMILES string of the molecule is CC(C)OCCNc1cc(Cl)nc(C(F)(F)F)n1. The highest BCUT2D eigenvalue weighted by atomic mass is 35.5. The zero-order valence-corrected chi connectivity index (χ0v) is 10.6. The predicted octanol–water partition coefficient (Wildman–Crippen LogP) is 2.99. The molecule has 0 saturated carbocycles. The summed E-state index contributed by atoms with van der Waals surface area (Å²) in [5.41, 5.74) is 0. The highest BCUT2D eigenvalue weighted by molar-refractivity contribution is 6.29. The second-order valence-corrected chi connectivity index (χ2v) is 4.13. The van der Waals surface area contributed by atoms with Gasteiger partial charge in [0.05, 0.1) is 12.7 Å². The van der Waals surface area contributed by atoms with Crippen LogP contribution in [-0.4, -0.2) is 29.2 Å². The summed E-state index contributed by atoms with van der Waals surface area (Å²) in [5.74, 6) is -1.24. The van der Waals surface area contributed by atoms with Gasteiger partial charge in [-0.1, -0.05) is 11.6 Å². The first kappa shape index (κ1) is 15.0. The summed E-state index contributed by atoms with van der Waals surface area (Å²) >= 11 is 5.50. The Morgan fingerprint density at radius 3 is 2.61 bits per heavy atom. The van der Waals surface area contributed by atoms with Crippen LogP contribution in [0, 0.1) is 0 Å². The molecule has 18 heavy (non-hydrogen) atoms. The van der Waals surface area contributed by atoms with E-state index in [1.807, 2.05) is 13.8 Å². The Hall–Kier alpha value is -1.08. The molecule has 0 amide bonds. The summed E-state index contributed by atoms with van der Waals surface area (Å²) in [6.45, 7) is 4.43. The number of hydrogen-bond donors (Lipinski definition) is 1. The van der Waals surface area contributed by atoms with Crippen molar-refractivity contribution in [2.24, 2.45) is 0 Å². The number of hydrogen-bond acceptors (Lipinski definition) is 4. The molecule has 0 spiro atoms. The Labute approximate surface area is 108 Å². The summed E-state index contributed by atoms with van der Waals surface area (Å²) in [6.07, 6.45) is -4.55. The van der Waals surface area contributed by atoms with Crippen molar-refractivity contribution in [1.29, 1.82) is 0 Å². The number of ether oxygens (including phenoxy) is 1. The minimum atomic E-state index is -4.62. The van der Waals surface area contributed by atoms with E-state index in [1.54, 1.807) is 0 Å². The van der Waals surface area contributed by atoms with Crippen molar-refractivity contribution in [3.8, 4) is 0 Å². The Bertz CT molecular complexity index is 398. The van der Waals surface area contributed by atoms with Crippen LogP contribution in [-0.2, 0) is 10.9 Å². The van der Waals surface area contributed by atoms with E-state index < -0.39 is 12.0 Å². The predicted molar refractivity (Wildman–Crippen MR) is 61.6 cm³/mol. The molecule has 8 heteroatoms. The van der Waals surface area contributed by atoms with Crippen LogP contribution in [0.3, 0.4) is 0 Å². The first-order valence-electron chi connectivity index (χ1n) is 5.26. The van der Waals surface area contributed by atoms with Gasteiger partial charge in [-0.05, 0) is 13.8 Å². The normalized spacial score (nSPS) is 11.9. The largest absolute Gasteiger partial charge is 0.451 e. The second kappa shape index (κ2) is 6.19. The van der Waals surface area contributed by atoms with E-state index in [0.717, 1.165) is 0 Å². The van der Waals surface area contributed by atoms with Crippen LogP contribution in [0.2, 0.25) is 5.15 Å². The molecule has 1 N–H and O–H groups in total. The van der Waals surface area contributed by atoms with Gasteiger partial charge in [0.2, 0.25) is 5.82 Å². The van der Waals surface area contributed by atoms with Crippen LogP contribution in [0.4, 0.5) is 19.0 Å². The third kappa shape index (κ3) is 5.05. The first-order valence-corrected chi connectivity index (χ1v) is 5.64. The van der Waals surface area contributed by atoms with E-state index in [2.05, 4.69) is 15.3 Å². The van der Waals surface area contributed by atoms with Gasteiger partial charge < -0.3 is 10.1 Å². The van der Waals surface area contributed by atoms with Gasteiger partial charge in [-0.2, -0.15) is 13.2 Å². The van der Waals surface area contributed by atoms with Crippen molar-refractivity contribution in [3.05, 3.63) is 17.0 Å². The number of anilines is 1. The molecule has 102 valence electrons. The maximum Gasteiger partial charge on any atom is 0.451 e. The average Bonchev–Trinajstić information content (AvgIpc) is 2.22. The van der Waals surface area contributed by atoms with Gasteiger partial charge >= 0.3 is 6.18 Å². The number of alkyl halides is 3. The molecule has 4 nitrogen and oxygen atoms in total. The Kier molecular flexibility index (Phi) is 5.15. The molecule has 0 saturated heterocycles. The summed E-state index contributed by atoms with van der Waals surface area (Å²) < 4.78 is 42.4. The van der Waals surface area contributed by atoms with Crippen LogP contribution in [0.15, 0.2) is 6.07 Å². The highest BCUT2D eigenvalue weighted by Gasteiger charge is 2.35. The van der Waals surface area contributed by atoms with Crippen LogP contribution in [0.5, 0.6) is 0 Å². The molecule has 1 aromatic heterocycles. The van der Waals surface area contributed by atoms with Crippen molar-refractivity contribution < 1.29 is 17.9 Å². The highest BCUT2D eigenvalue weighted by Crippen LogP contribution is 2.28. The maximum atomic E-state index is 12.4. The third-order valence-corrected chi connectivity index (χ3v) is 2.00. The number of nitrogens with one attached hydrogen (secondary N) is 1. The van der Waals surface area contributed by atoms with E-state index in [4.69, 9.17) is 16.3 Å². The van der Waals surface area contributed by atoms with Crippen molar-refractivity contribution in [1.82, 2.24) is 9.97 Å². The lowest BCUT2D eigenvalue weighted by molar-refractivity contribution is -0.144. The quantitative estimate of drug-likeness (QED) is 0.667. The Balaban J connectivity index is 2.63. The molecule has 1 heterocycles. The molecular formula is C10H13ClF3N3O. The average molecular weight is 284 g/mol. The fourth-order valence-corrected chi connectivity index (χ4v) is 1.29. The first-order chi connectivity index (χ1) is 8.29. The number of rotatable bonds is 5. The van der Waals surface area contributed by atoms with Crippen molar-refractivity contribution in [2.45, 2.75) is 26.1 Å². The van der Waals surface area contributed by atoms with E-state index in [9.17, 15) is 13.2 Å². The summed E-state index contributed by atoms with van der Waals surface area (Å²) in [6, 6.07) is 1.23. The molecule has 0 aromatic carbocycles. The standard InChI is InChI=1S/C10H13ClF3N3O/c1-6(2)18-4-3-15-8-5-7(11)16-9(17-8)10(12,13)14/h5-6H,3-4H2,1-2H3,(H,15,16,17). The summed E-state index contributed by atoms with van der Waals surface area (Å²) in [4.78, 5) is 6.45. The number of nitrogens with zero attached hydrogens (tertiary/aromatic N) is 2. The lowest BCUT2D eigenvalue weighted by atomic mass is 10.4. The van der Waals surface area contributed by atoms with E-state index in [1.165, 1.54) is 6.07 Å². The molecule has 0 aliphatic carbocycles. The third-order valence-electron chi connectivity index (χ3n) is 1.81. The van der Waals surface area contributed by atoms with Gasteiger partial charge in [0.25, 0.3) is 0 Å². The molecule has 1 aromatic rings. The minimum Gasteiger partial charge on any atom is -0.377 e. The summed E-state index contributed by atoms with van der Waals surface area (Å²) in [7, 11) is 0. The molecule has 0 aliphatic heterocycles. The minimum absolute atomic E-state index is 0.0229. The molecular weight excluding hydrogens is 271 g/mol. The van der Waals surface area contributed by atoms with Crippen molar-refractivity contribution in [2.75, 3.05) is 18.5 Å². The lowest BCUT2D eigenvalue weighted by Crippen LogP contribution is -2.16. The topological polar surface area (TPSA) is 47.0 Å². The van der Waals surface area contributed by atoms with Gasteiger partial charge in [-0.3, -0.25) is 0 Å². The van der Waals surface area contributed by atoms with Crippen LogP contribution in [0.25, 0.3) is 0 Å². The zero-order valence-electron chi connectivity index (χ0n) is 9.88. The number of halogens is 4. The van der Waals surface area contributed by atoms with Crippen LogP contribution in [0.1, 0.15) is 19.7 Å². The van der Waals surface area contributed by atoms with E-state index >= 15 is 0 Å². The molecule has 0 fully saturated rings. The molecule has 0 aliphatic rings. The summed E-state index contributed by atoms with van der Waals surface area (Å²) in [5, 5.41) is 2.43. The number of aromatic nitrogens is 2. The molecule has 0 unspecified atom stereocenters. The van der Waals surface area contributed by atoms with Crippen LogP contribution >= 0.6 is 11.6 Å². The fourth-order valence-electron chi connectivity index (χ4n) is 1.11. The Morgan fingerprint density at radius 1 is 1.39 bits per heavy atom. The van der Waals surface area contributed by atoms with Gasteiger partial charge in [-0.15, -0.1) is 0 Å². The van der Waals surface area contributed by atoms with Crippen molar-refractivity contribution >= 4 is 17.4 Å². The molecule has 0 radical (unpaired) electrons. The van der Waals surface area contributed by atoms with Crippen LogP contribution < -0.4 is 5.32 Å². The monoisotopic (exact) mass is 283 g/mol. The Morgan fingerprint density at radius 2 is 2.06 bits per heavy atom. The van der Waals surface area contributed by atoms with Crippen molar-refractivity contribution in [3.63, 3.8) is 0 Å². The molecule has 0 bridgehead atoms. The fraction of sp³-hybridized carbons (Fsp3) is 0.600. The second-order valence-electron chi connectivity index (χ2n) is 3.74. The lowest BCUT2D eigenvalue weighted by Gasteiger charge is -2.11. The molecule has 1 rings (SSSR count). The van der Waals surface area contributed by atoms with E-state index in [-0.39, 0.29) is 17.1 Å². The van der Waals surface area contributed by atoms with Gasteiger partial charge in [0.15, 0.2) is 0 Å². The molecule has 0 atom stereocenters.